The number of rotatable bonds is 14. The fraction of sp³-hybridized carbons (Fsp3) is 0.750. The van der Waals surface area contributed by atoms with E-state index < -0.39 is 12.0 Å². The van der Waals surface area contributed by atoms with E-state index in [1.807, 2.05) is 19.1 Å². The monoisotopic (exact) mass is 367 g/mol. The summed E-state index contributed by atoms with van der Waals surface area (Å²) < 4.78 is 10.9. The molecule has 0 spiro atoms. The third kappa shape index (κ3) is 7.58. The molecule has 1 saturated heterocycles. The van der Waals surface area contributed by atoms with E-state index in [1.54, 1.807) is 6.92 Å². The topological polar surface area (TPSA) is 81.7 Å². The van der Waals surface area contributed by atoms with E-state index in [4.69, 9.17) is 9.47 Å². The van der Waals surface area contributed by atoms with E-state index in [1.165, 1.54) is 6.42 Å². The fourth-order valence-electron chi connectivity index (χ4n) is 3.07. The van der Waals surface area contributed by atoms with Gasteiger partial charge in [-0.1, -0.05) is 44.8 Å². The molecule has 4 atom stereocenters. The molecule has 0 bridgehead atoms. The lowest BCUT2D eigenvalue weighted by molar-refractivity contribution is -0.190. The van der Waals surface area contributed by atoms with Crippen LogP contribution in [0.1, 0.15) is 72.1 Å². The average Bonchev–Trinajstić information content (AvgIpc) is 2.61. The molecule has 1 rings (SSSR count). The first-order chi connectivity index (χ1) is 12.5. The van der Waals surface area contributed by atoms with Crippen molar-refractivity contribution in [2.24, 2.45) is 5.92 Å². The first-order valence-corrected chi connectivity index (χ1v) is 9.75. The number of unbranched alkanes of at least 4 members (excludes halogenated alkanes) is 3. The lowest BCUT2D eigenvalue weighted by atomic mass is 9.86. The minimum absolute atomic E-state index is 0.0831. The van der Waals surface area contributed by atoms with Gasteiger partial charge < -0.3 is 14.8 Å². The van der Waals surface area contributed by atoms with Gasteiger partial charge in [-0.3, -0.25) is 9.59 Å². The van der Waals surface area contributed by atoms with Crippen LogP contribution in [0.25, 0.3) is 0 Å². The molecule has 0 aliphatic carbocycles. The predicted molar refractivity (Wildman–Crippen MR) is 99.3 cm³/mol. The van der Waals surface area contributed by atoms with E-state index in [2.05, 4.69) is 12.2 Å². The Bertz CT molecular complexity index is 477. The van der Waals surface area contributed by atoms with Gasteiger partial charge in [0, 0.05) is 6.42 Å². The van der Waals surface area contributed by atoms with Crippen LogP contribution < -0.4 is 5.32 Å². The van der Waals surface area contributed by atoms with Gasteiger partial charge in [0.1, 0.15) is 18.2 Å². The number of carbonyl (C=O) groups excluding carboxylic acids is 3. The Hall–Kier alpha value is -1.85. The Kier molecular flexibility index (Phi) is 10.7. The highest BCUT2D eigenvalue weighted by molar-refractivity contribution is 5.79. The maximum absolute atomic E-state index is 12.1. The fourth-order valence-corrected chi connectivity index (χ4v) is 3.07. The second-order valence-corrected chi connectivity index (χ2v) is 6.88. The molecule has 0 aromatic carbocycles. The highest BCUT2D eigenvalue weighted by Crippen LogP contribution is 2.32. The summed E-state index contributed by atoms with van der Waals surface area (Å²) in [5.74, 6) is -0.686. The Morgan fingerprint density at radius 2 is 2.12 bits per heavy atom. The van der Waals surface area contributed by atoms with Crippen molar-refractivity contribution in [2.75, 3.05) is 0 Å². The number of ether oxygens (including phenoxy) is 2. The first kappa shape index (κ1) is 22.2. The predicted octanol–water partition coefficient (Wildman–Crippen LogP) is 3.29. The molecule has 1 heterocycles. The van der Waals surface area contributed by atoms with Crippen LogP contribution in [0.2, 0.25) is 0 Å². The quantitative estimate of drug-likeness (QED) is 0.220. The van der Waals surface area contributed by atoms with Crippen molar-refractivity contribution >= 4 is 18.3 Å². The SMILES string of the molecule is C/C=C/CCC(CC1OC(=O)[C@H]1CCCCCC)OC(=O)[C@H](C)NC=O. The van der Waals surface area contributed by atoms with Crippen molar-refractivity contribution < 1.29 is 23.9 Å². The zero-order chi connectivity index (χ0) is 19.4. The van der Waals surface area contributed by atoms with Crippen LogP contribution in [0.4, 0.5) is 0 Å². The van der Waals surface area contributed by atoms with Crippen LogP contribution in [-0.2, 0) is 23.9 Å². The summed E-state index contributed by atoms with van der Waals surface area (Å²) in [5.41, 5.74) is 0. The molecule has 1 N–H and O–H groups in total. The summed E-state index contributed by atoms with van der Waals surface area (Å²) in [6.45, 7) is 5.68. The van der Waals surface area contributed by atoms with Crippen molar-refractivity contribution in [1.82, 2.24) is 5.32 Å². The van der Waals surface area contributed by atoms with Gasteiger partial charge in [0.05, 0.1) is 5.92 Å². The van der Waals surface area contributed by atoms with E-state index >= 15 is 0 Å². The normalized spacial score (nSPS) is 21.6. The largest absolute Gasteiger partial charge is 0.461 e. The lowest BCUT2D eigenvalue weighted by Crippen LogP contribution is -2.47. The first-order valence-electron chi connectivity index (χ1n) is 9.75. The minimum Gasteiger partial charge on any atom is -0.461 e. The third-order valence-corrected chi connectivity index (χ3v) is 4.73. The Morgan fingerprint density at radius 3 is 2.73 bits per heavy atom. The zero-order valence-electron chi connectivity index (χ0n) is 16.2. The molecule has 2 unspecified atom stereocenters. The minimum atomic E-state index is -0.689. The molecule has 1 amide bonds. The molecule has 0 saturated carbocycles. The summed E-state index contributed by atoms with van der Waals surface area (Å²) >= 11 is 0. The van der Waals surface area contributed by atoms with Gasteiger partial charge in [0.25, 0.3) is 0 Å². The van der Waals surface area contributed by atoms with Gasteiger partial charge in [-0.05, 0) is 33.1 Å². The van der Waals surface area contributed by atoms with Crippen LogP contribution in [0.3, 0.4) is 0 Å². The van der Waals surface area contributed by atoms with Crippen LogP contribution in [-0.4, -0.2) is 36.6 Å². The Labute approximate surface area is 156 Å². The zero-order valence-corrected chi connectivity index (χ0v) is 16.2. The maximum Gasteiger partial charge on any atom is 0.328 e. The van der Waals surface area contributed by atoms with Gasteiger partial charge in [0.2, 0.25) is 6.41 Å². The Morgan fingerprint density at radius 1 is 1.35 bits per heavy atom. The van der Waals surface area contributed by atoms with Crippen molar-refractivity contribution in [1.29, 1.82) is 0 Å². The lowest BCUT2D eigenvalue weighted by Gasteiger charge is -2.37. The van der Waals surface area contributed by atoms with Crippen LogP contribution in [0.5, 0.6) is 0 Å². The second kappa shape index (κ2) is 12.5. The van der Waals surface area contributed by atoms with Gasteiger partial charge in [-0.15, -0.1) is 0 Å². The molecule has 1 aliphatic heterocycles. The summed E-state index contributed by atoms with van der Waals surface area (Å²) in [5, 5.41) is 2.40. The second-order valence-electron chi connectivity index (χ2n) is 6.88. The number of hydrogen-bond donors (Lipinski definition) is 1. The molecule has 0 aromatic rings. The number of hydrogen-bond acceptors (Lipinski definition) is 5. The summed E-state index contributed by atoms with van der Waals surface area (Å²) in [7, 11) is 0. The number of esters is 2. The van der Waals surface area contributed by atoms with Crippen molar-refractivity contribution in [3.63, 3.8) is 0 Å². The highest BCUT2D eigenvalue weighted by atomic mass is 16.6. The maximum atomic E-state index is 12.1. The Balaban J connectivity index is 2.55. The standard InChI is InChI=1S/C20H33NO5/c1-4-6-8-10-12-17-18(26-20(17)24)13-16(11-9-7-5-2)25-19(23)15(3)21-14-22/h5,7,14-18H,4,6,8-13H2,1-3H3,(H,21,22)/b7-5+/t15-,16?,17-,18?/m0/s1. The molecule has 1 fully saturated rings. The van der Waals surface area contributed by atoms with E-state index in [-0.39, 0.29) is 24.1 Å². The smallest absolute Gasteiger partial charge is 0.328 e. The summed E-state index contributed by atoms with van der Waals surface area (Å²) in [6, 6.07) is -0.689. The van der Waals surface area contributed by atoms with Crippen LogP contribution in [0.15, 0.2) is 12.2 Å². The molecule has 1 aliphatic rings. The van der Waals surface area contributed by atoms with Crippen molar-refractivity contribution in [3.8, 4) is 0 Å². The average molecular weight is 367 g/mol. The van der Waals surface area contributed by atoms with Gasteiger partial charge >= 0.3 is 11.9 Å². The summed E-state index contributed by atoms with van der Waals surface area (Å²) in [6.07, 6.45) is 11.2. The van der Waals surface area contributed by atoms with Gasteiger partial charge in [-0.2, -0.15) is 0 Å². The number of nitrogens with one attached hydrogen (secondary N) is 1. The molecule has 6 nitrogen and oxygen atoms in total. The molecule has 6 heteroatoms. The van der Waals surface area contributed by atoms with Crippen LogP contribution in [0, 0.1) is 5.92 Å². The molecule has 148 valence electrons. The molecule has 0 radical (unpaired) electrons. The van der Waals surface area contributed by atoms with Crippen molar-refractivity contribution in [2.45, 2.75) is 90.4 Å². The molecular formula is C20H33NO5. The number of cyclic esters (lactones) is 1. The van der Waals surface area contributed by atoms with Crippen LogP contribution >= 0.6 is 0 Å². The van der Waals surface area contributed by atoms with Crippen molar-refractivity contribution in [3.05, 3.63) is 12.2 Å². The van der Waals surface area contributed by atoms with E-state index in [0.29, 0.717) is 19.3 Å². The number of allylic oxidation sites excluding steroid dienone is 2. The summed E-state index contributed by atoms with van der Waals surface area (Å²) in [4.78, 5) is 34.3. The molecule has 0 aromatic heterocycles. The van der Waals surface area contributed by atoms with E-state index in [0.717, 1.165) is 32.1 Å². The molecular weight excluding hydrogens is 334 g/mol. The van der Waals surface area contributed by atoms with Gasteiger partial charge in [-0.25, -0.2) is 4.79 Å². The van der Waals surface area contributed by atoms with E-state index in [9.17, 15) is 14.4 Å². The third-order valence-electron chi connectivity index (χ3n) is 4.73. The number of amides is 1. The highest BCUT2D eigenvalue weighted by Gasteiger charge is 2.43. The number of carbonyl (C=O) groups is 3. The molecule has 26 heavy (non-hydrogen) atoms. The van der Waals surface area contributed by atoms with Gasteiger partial charge in [0.15, 0.2) is 0 Å².